The molecule has 0 saturated heterocycles. The van der Waals surface area contributed by atoms with Gasteiger partial charge in [0.25, 0.3) is 15.7 Å². The van der Waals surface area contributed by atoms with Crippen LogP contribution in [0.3, 0.4) is 0 Å². The first-order chi connectivity index (χ1) is 19.7. The topological polar surface area (TPSA) is 130 Å². The summed E-state index contributed by atoms with van der Waals surface area (Å²) < 4.78 is 28.5. The molecular formula is C30H34N4O6S. The number of nitro groups is 1. The lowest BCUT2D eigenvalue weighted by atomic mass is 9.95. The van der Waals surface area contributed by atoms with E-state index in [4.69, 9.17) is 0 Å². The standard InChI is InChI=1S/C30H34N4O6S/c1-23(30(36)31-25-13-7-3-8-14-25)32(21-24-11-5-2-6-12-24)29(35)22-33(26-17-19-27(20-18-26)34(37)38)41(39,40)28-15-9-4-10-16-28/h2,4-6,9-12,15-20,23,25H,3,7-8,13-14,21-22H2,1H3,(H,31,36)/t23-/m0/s1. The van der Waals surface area contributed by atoms with E-state index in [1.54, 1.807) is 25.1 Å². The van der Waals surface area contributed by atoms with Crippen LogP contribution in [0, 0.1) is 10.1 Å². The summed E-state index contributed by atoms with van der Waals surface area (Å²) in [6.07, 6.45) is 4.97. The lowest BCUT2D eigenvalue weighted by Gasteiger charge is -2.33. The van der Waals surface area contributed by atoms with Gasteiger partial charge in [0, 0.05) is 24.7 Å². The van der Waals surface area contributed by atoms with Gasteiger partial charge < -0.3 is 10.2 Å². The van der Waals surface area contributed by atoms with E-state index < -0.39 is 33.4 Å². The molecule has 3 aromatic rings. The number of nitro benzene ring substituents is 1. The number of rotatable bonds is 11. The molecule has 3 aromatic carbocycles. The number of non-ortho nitro benzene ring substituents is 1. The smallest absolute Gasteiger partial charge is 0.269 e. The molecule has 1 saturated carbocycles. The second-order valence-corrected chi connectivity index (χ2v) is 12.0. The largest absolute Gasteiger partial charge is 0.352 e. The fraction of sp³-hybridized carbons (Fsp3) is 0.333. The first-order valence-electron chi connectivity index (χ1n) is 13.6. The number of anilines is 1. The van der Waals surface area contributed by atoms with Crippen molar-refractivity contribution in [1.82, 2.24) is 10.2 Å². The lowest BCUT2D eigenvalue weighted by molar-refractivity contribution is -0.384. The number of sulfonamides is 1. The van der Waals surface area contributed by atoms with Gasteiger partial charge in [0.2, 0.25) is 11.8 Å². The van der Waals surface area contributed by atoms with Crippen LogP contribution in [0.15, 0.2) is 89.8 Å². The normalized spacial score (nSPS) is 14.6. The Hall–Kier alpha value is -4.25. The molecule has 1 aliphatic carbocycles. The van der Waals surface area contributed by atoms with Crippen LogP contribution in [-0.2, 0) is 26.2 Å². The summed E-state index contributed by atoms with van der Waals surface area (Å²) in [5, 5.41) is 14.3. The van der Waals surface area contributed by atoms with Crippen molar-refractivity contribution in [2.24, 2.45) is 0 Å². The average Bonchev–Trinajstić information content (AvgIpc) is 2.99. The van der Waals surface area contributed by atoms with E-state index in [1.165, 1.54) is 41.3 Å². The molecule has 41 heavy (non-hydrogen) atoms. The molecule has 0 aliphatic heterocycles. The minimum Gasteiger partial charge on any atom is -0.352 e. The van der Waals surface area contributed by atoms with Gasteiger partial charge in [-0.3, -0.25) is 24.0 Å². The summed E-state index contributed by atoms with van der Waals surface area (Å²) in [6.45, 7) is 1.13. The lowest BCUT2D eigenvalue weighted by Crippen LogP contribution is -2.53. The van der Waals surface area contributed by atoms with E-state index in [0.717, 1.165) is 42.0 Å². The number of amides is 2. The van der Waals surface area contributed by atoms with Gasteiger partial charge in [-0.15, -0.1) is 0 Å². The van der Waals surface area contributed by atoms with Crippen molar-refractivity contribution < 1.29 is 22.9 Å². The Morgan fingerprint density at radius 3 is 2.10 bits per heavy atom. The van der Waals surface area contributed by atoms with E-state index in [0.29, 0.717) is 0 Å². The summed E-state index contributed by atoms with van der Waals surface area (Å²) in [5.41, 5.74) is 0.661. The molecule has 0 bridgehead atoms. The molecule has 216 valence electrons. The van der Waals surface area contributed by atoms with E-state index in [9.17, 15) is 28.1 Å². The van der Waals surface area contributed by atoms with Gasteiger partial charge in [-0.25, -0.2) is 8.42 Å². The van der Waals surface area contributed by atoms with Gasteiger partial charge in [-0.2, -0.15) is 0 Å². The molecule has 0 spiro atoms. The second kappa shape index (κ2) is 13.4. The Morgan fingerprint density at radius 2 is 1.51 bits per heavy atom. The van der Waals surface area contributed by atoms with Crippen molar-refractivity contribution in [3.05, 3.63) is 101 Å². The van der Waals surface area contributed by atoms with Crippen LogP contribution in [-0.4, -0.2) is 48.7 Å². The van der Waals surface area contributed by atoms with E-state index in [1.807, 2.05) is 30.3 Å². The van der Waals surface area contributed by atoms with Crippen LogP contribution in [0.1, 0.15) is 44.6 Å². The summed E-state index contributed by atoms with van der Waals surface area (Å²) in [6, 6.07) is 21.0. The highest BCUT2D eigenvalue weighted by molar-refractivity contribution is 7.92. The monoisotopic (exact) mass is 578 g/mol. The predicted molar refractivity (Wildman–Crippen MR) is 156 cm³/mol. The summed E-state index contributed by atoms with van der Waals surface area (Å²) >= 11 is 0. The molecular weight excluding hydrogens is 544 g/mol. The maximum atomic E-state index is 14.0. The highest BCUT2D eigenvalue weighted by Gasteiger charge is 2.33. The third kappa shape index (κ3) is 7.49. The highest BCUT2D eigenvalue weighted by atomic mass is 32.2. The number of carbonyl (C=O) groups excluding carboxylic acids is 2. The molecule has 2 amide bonds. The van der Waals surface area contributed by atoms with Crippen molar-refractivity contribution in [3.63, 3.8) is 0 Å². The second-order valence-electron chi connectivity index (χ2n) is 10.1. The van der Waals surface area contributed by atoms with E-state index in [2.05, 4.69) is 5.32 Å². The van der Waals surface area contributed by atoms with Gasteiger partial charge >= 0.3 is 0 Å². The molecule has 1 N–H and O–H groups in total. The fourth-order valence-electron chi connectivity index (χ4n) is 4.92. The molecule has 4 rings (SSSR count). The Kier molecular flexibility index (Phi) is 9.72. The van der Waals surface area contributed by atoms with Gasteiger partial charge in [0.15, 0.2) is 0 Å². The van der Waals surface area contributed by atoms with Crippen LogP contribution in [0.25, 0.3) is 0 Å². The van der Waals surface area contributed by atoms with Crippen molar-refractivity contribution in [2.45, 2.75) is 62.6 Å². The Bertz CT molecular complexity index is 1440. The number of carbonyl (C=O) groups is 2. The SMILES string of the molecule is C[C@@H](C(=O)NC1CCCCC1)N(Cc1ccccc1)C(=O)CN(c1ccc([N+](=O)[O-])cc1)S(=O)(=O)c1ccccc1. The molecule has 1 atom stereocenters. The average molecular weight is 579 g/mol. The molecule has 0 aromatic heterocycles. The zero-order chi connectivity index (χ0) is 29.4. The molecule has 1 fully saturated rings. The number of hydrogen-bond acceptors (Lipinski definition) is 6. The Morgan fingerprint density at radius 1 is 0.927 bits per heavy atom. The maximum Gasteiger partial charge on any atom is 0.269 e. The molecule has 10 nitrogen and oxygen atoms in total. The number of benzene rings is 3. The molecule has 1 aliphatic rings. The van der Waals surface area contributed by atoms with E-state index >= 15 is 0 Å². The number of nitrogens with one attached hydrogen (secondary N) is 1. The van der Waals surface area contributed by atoms with Crippen LogP contribution >= 0.6 is 0 Å². The Balaban J connectivity index is 1.66. The summed E-state index contributed by atoms with van der Waals surface area (Å²) in [4.78, 5) is 39.2. The molecule has 0 heterocycles. The van der Waals surface area contributed by atoms with Crippen LogP contribution in [0.5, 0.6) is 0 Å². The third-order valence-corrected chi connectivity index (χ3v) is 9.06. The van der Waals surface area contributed by atoms with Crippen LogP contribution < -0.4 is 9.62 Å². The first kappa shape index (κ1) is 29.7. The van der Waals surface area contributed by atoms with Gasteiger partial charge in [0.05, 0.1) is 15.5 Å². The molecule has 0 unspecified atom stereocenters. The zero-order valence-corrected chi connectivity index (χ0v) is 23.7. The van der Waals surface area contributed by atoms with Gasteiger partial charge in [-0.1, -0.05) is 67.8 Å². The van der Waals surface area contributed by atoms with Crippen LogP contribution in [0.2, 0.25) is 0 Å². The quantitative estimate of drug-likeness (QED) is 0.260. The Labute approximate surface area is 240 Å². The van der Waals surface area contributed by atoms with Crippen molar-refractivity contribution in [2.75, 3.05) is 10.8 Å². The van der Waals surface area contributed by atoms with Crippen molar-refractivity contribution in [3.8, 4) is 0 Å². The van der Waals surface area contributed by atoms with Crippen molar-refractivity contribution >= 4 is 33.2 Å². The van der Waals surface area contributed by atoms with E-state index in [-0.39, 0.29) is 34.8 Å². The number of hydrogen-bond donors (Lipinski definition) is 1. The minimum atomic E-state index is -4.24. The summed E-state index contributed by atoms with van der Waals surface area (Å²) in [7, 11) is -4.24. The molecule has 0 radical (unpaired) electrons. The maximum absolute atomic E-state index is 14.0. The van der Waals surface area contributed by atoms with Crippen LogP contribution in [0.4, 0.5) is 11.4 Å². The molecule has 11 heteroatoms. The predicted octanol–water partition coefficient (Wildman–Crippen LogP) is 4.66. The van der Waals surface area contributed by atoms with Crippen molar-refractivity contribution in [1.29, 1.82) is 0 Å². The van der Waals surface area contributed by atoms with Gasteiger partial charge in [-0.05, 0) is 49.6 Å². The van der Waals surface area contributed by atoms with Gasteiger partial charge in [0.1, 0.15) is 12.6 Å². The summed E-state index contributed by atoms with van der Waals surface area (Å²) in [5.74, 6) is -0.882. The zero-order valence-electron chi connectivity index (χ0n) is 22.9. The third-order valence-electron chi connectivity index (χ3n) is 7.27. The minimum absolute atomic E-state index is 0.0381. The highest BCUT2D eigenvalue weighted by Crippen LogP contribution is 2.26. The first-order valence-corrected chi connectivity index (χ1v) is 15.1. The fourth-order valence-corrected chi connectivity index (χ4v) is 6.36. The number of nitrogens with zero attached hydrogens (tertiary/aromatic N) is 3.